The zero-order valence-electron chi connectivity index (χ0n) is 8.66. The predicted molar refractivity (Wildman–Crippen MR) is 57.2 cm³/mol. The lowest BCUT2D eigenvalue weighted by molar-refractivity contribution is 0.553. The minimum atomic E-state index is -2.78. The first-order chi connectivity index (χ1) is 7.07. The minimum absolute atomic E-state index is 0.101. The van der Waals surface area contributed by atoms with Crippen LogP contribution in [-0.4, -0.2) is 36.2 Å². The van der Waals surface area contributed by atoms with Crippen molar-refractivity contribution in [1.29, 1.82) is 0 Å². The monoisotopic (exact) mass is 229 g/mol. The molecule has 1 aliphatic rings. The van der Waals surface area contributed by atoms with Crippen LogP contribution in [0.4, 0.5) is 0 Å². The summed E-state index contributed by atoms with van der Waals surface area (Å²) in [4.78, 5) is 0. The quantitative estimate of drug-likeness (QED) is 0.764. The van der Waals surface area contributed by atoms with E-state index in [1.807, 2.05) is 6.92 Å². The highest BCUT2D eigenvalue weighted by Crippen LogP contribution is 2.12. The molecule has 0 saturated carbocycles. The molecule has 84 valence electrons. The van der Waals surface area contributed by atoms with Gasteiger partial charge in [0.1, 0.15) is 0 Å². The van der Waals surface area contributed by atoms with Crippen LogP contribution in [0.3, 0.4) is 0 Å². The molecule has 1 aromatic heterocycles. The Bertz CT molecular complexity index is 438. The van der Waals surface area contributed by atoms with Crippen molar-refractivity contribution in [1.82, 2.24) is 15.5 Å². The van der Waals surface area contributed by atoms with Crippen LogP contribution in [0.1, 0.15) is 17.7 Å². The van der Waals surface area contributed by atoms with Gasteiger partial charge in [-0.25, -0.2) is 8.42 Å². The first-order valence-corrected chi connectivity index (χ1v) is 6.81. The van der Waals surface area contributed by atoms with Crippen LogP contribution in [-0.2, 0) is 16.4 Å². The summed E-state index contributed by atoms with van der Waals surface area (Å²) in [6, 6.07) is 0.101. The lowest BCUT2D eigenvalue weighted by Crippen LogP contribution is -2.29. The maximum absolute atomic E-state index is 11.2. The largest absolute Gasteiger partial charge is 0.309 e. The molecule has 0 bridgehead atoms. The molecule has 0 aliphatic carbocycles. The molecular formula is C9H15N3O2S. The van der Waals surface area contributed by atoms with Gasteiger partial charge >= 0.3 is 0 Å². The number of rotatable bonds is 3. The van der Waals surface area contributed by atoms with Crippen molar-refractivity contribution in [2.45, 2.75) is 25.9 Å². The molecule has 15 heavy (non-hydrogen) atoms. The van der Waals surface area contributed by atoms with E-state index >= 15 is 0 Å². The van der Waals surface area contributed by atoms with Gasteiger partial charge in [0.25, 0.3) is 0 Å². The van der Waals surface area contributed by atoms with Gasteiger partial charge in [0, 0.05) is 23.8 Å². The molecule has 0 spiro atoms. The van der Waals surface area contributed by atoms with E-state index in [4.69, 9.17) is 0 Å². The second-order valence-corrected chi connectivity index (χ2v) is 6.23. The van der Waals surface area contributed by atoms with Crippen molar-refractivity contribution in [2.75, 3.05) is 11.5 Å². The Morgan fingerprint density at radius 2 is 2.47 bits per heavy atom. The second-order valence-electron chi connectivity index (χ2n) is 4.00. The third-order valence-corrected chi connectivity index (χ3v) is 4.52. The average molecular weight is 229 g/mol. The van der Waals surface area contributed by atoms with Crippen molar-refractivity contribution >= 4 is 9.84 Å². The van der Waals surface area contributed by atoms with E-state index in [-0.39, 0.29) is 11.8 Å². The fourth-order valence-corrected chi connectivity index (χ4v) is 3.47. The molecule has 1 aromatic rings. The zero-order valence-corrected chi connectivity index (χ0v) is 9.47. The molecule has 1 aliphatic heterocycles. The number of H-pyrrole nitrogens is 1. The van der Waals surface area contributed by atoms with Gasteiger partial charge in [0.15, 0.2) is 9.84 Å². The van der Waals surface area contributed by atoms with Gasteiger partial charge in [0.2, 0.25) is 0 Å². The molecule has 1 saturated heterocycles. The van der Waals surface area contributed by atoms with Crippen molar-refractivity contribution in [3.63, 3.8) is 0 Å². The van der Waals surface area contributed by atoms with Gasteiger partial charge < -0.3 is 5.32 Å². The van der Waals surface area contributed by atoms with Crippen LogP contribution in [0, 0.1) is 6.92 Å². The molecular weight excluding hydrogens is 214 g/mol. The molecule has 5 nitrogen and oxygen atoms in total. The molecule has 1 atom stereocenters. The number of aromatic amines is 1. The van der Waals surface area contributed by atoms with E-state index in [2.05, 4.69) is 15.5 Å². The summed E-state index contributed by atoms with van der Waals surface area (Å²) < 4.78 is 22.4. The maximum Gasteiger partial charge on any atom is 0.151 e. The van der Waals surface area contributed by atoms with Crippen LogP contribution in [0.25, 0.3) is 0 Å². The zero-order chi connectivity index (χ0) is 10.9. The standard InChI is InChI=1S/C9H15N3O2S/c1-7-8(5-11-12-7)4-10-9-2-3-15(13,14)6-9/h5,9-10H,2-4,6H2,1H3,(H,11,12). The predicted octanol–water partition coefficient (Wildman–Crippen LogP) is -0.00518. The lowest BCUT2D eigenvalue weighted by Gasteiger charge is -2.09. The molecule has 2 heterocycles. The lowest BCUT2D eigenvalue weighted by atomic mass is 10.2. The third-order valence-electron chi connectivity index (χ3n) is 2.75. The molecule has 6 heteroatoms. The Hall–Kier alpha value is -0.880. The van der Waals surface area contributed by atoms with E-state index in [1.165, 1.54) is 0 Å². The van der Waals surface area contributed by atoms with Gasteiger partial charge in [-0.1, -0.05) is 0 Å². The highest BCUT2D eigenvalue weighted by molar-refractivity contribution is 7.91. The summed E-state index contributed by atoms with van der Waals surface area (Å²) in [6.45, 7) is 2.64. The molecule has 1 fully saturated rings. The molecule has 0 radical (unpaired) electrons. The van der Waals surface area contributed by atoms with Gasteiger partial charge in [-0.05, 0) is 13.3 Å². The van der Waals surface area contributed by atoms with Gasteiger partial charge in [0.05, 0.1) is 17.7 Å². The summed E-state index contributed by atoms with van der Waals surface area (Å²) in [5.41, 5.74) is 2.13. The van der Waals surface area contributed by atoms with Crippen LogP contribution < -0.4 is 5.32 Å². The number of nitrogens with one attached hydrogen (secondary N) is 2. The highest BCUT2D eigenvalue weighted by atomic mass is 32.2. The van der Waals surface area contributed by atoms with E-state index in [1.54, 1.807) is 6.20 Å². The Morgan fingerprint density at radius 1 is 1.67 bits per heavy atom. The van der Waals surface area contributed by atoms with Gasteiger partial charge in [-0.3, -0.25) is 5.10 Å². The Labute approximate surface area is 89.2 Å². The fourth-order valence-electron chi connectivity index (χ4n) is 1.76. The van der Waals surface area contributed by atoms with E-state index in [9.17, 15) is 8.42 Å². The molecule has 1 unspecified atom stereocenters. The Kier molecular flexibility index (Phi) is 2.79. The summed E-state index contributed by atoms with van der Waals surface area (Å²) in [5.74, 6) is 0.582. The summed E-state index contributed by atoms with van der Waals surface area (Å²) >= 11 is 0. The Balaban J connectivity index is 1.88. The Morgan fingerprint density at radius 3 is 3.00 bits per heavy atom. The van der Waals surface area contributed by atoms with E-state index in [0.717, 1.165) is 17.7 Å². The summed E-state index contributed by atoms with van der Waals surface area (Å²) in [5, 5.41) is 10.0. The number of sulfone groups is 1. The molecule has 2 rings (SSSR count). The number of nitrogens with zero attached hydrogens (tertiary/aromatic N) is 1. The molecule has 2 N–H and O–H groups in total. The summed E-state index contributed by atoms with van der Waals surface area (Å²) in [7, 11) is -2.78. The first kappa shape index (κ1) is 10.6. The van der Waals surface area contributed by atoms with Gasteiger partial charge in [-0.2, -0.15) is 5.10 Å². The first-order valence-electron chi connectivity index (χ1n) is 4.99. The number of hydrogen-bond donors (Lipinski definition) is 2. The summed E-state index contributed by atoms with van der Waals surface area (Å²) in [6.07, 6.45) is 2.49. The number of aryl methyl sites for hydroxylation is 1. The second kappa shape index (κ2) is 3.94. The fraction of sp³-hybridized carbons (Fsp3) is 0.667. The van der Waals surface area contributed by atoms with Crippen LogP contribution in [0.2, 0.25) is 0 Å². The smallest absolute Gasteiger partial charge is 0.151 e. The van der Waals surface area contributed by atoms with Crippen molar-refractivity contribution in [3.05, 3.63) is 17.5 Å². The normalized spacial score (nSPS) is 24.5. The highest BCUT2D eigenvalue weighted by Gasteiger charge is 2.27. The third kappa shape index (κ3) is 2.57. The van der Waals surface area contributed by atoms with Crippen molar-refractivity contribution < 1.29 is 8.42 Å². The minimum Gasteiger partial charge on any atom is -0.309 e. The van der Waals surface area contributed by atoms with E-state index < -0.39 is 9.84 Å². The SMILES string of the molecule is Cc1[nH]ncc1CNC1CCS(=O)(=O)C1. The number of hydrogen-bond acceptors (Lipinski definition) is 4. The van der Waals surface area contributed by atoms with Crippen LogP contribution >= 0.6 is 0 Å². The van der Waals surface area contributed by atoms with Gasteiger partial charge in [-0.15, -0.1) is 0 Å². The molecule has 0 amide bonds. The number of aromatic nitrogens is 2. The molecule has 0 aromatic carbocycles. The van der Waals surface area contributed by atoms with Crippen LogP contribution in [0.15, 0.2) is 6.20 Å². The van der Waals surface area contributed by atoms with E-state index in [0.29, 0.717) is 12.3 Å². The average Bonchev–Trinajstić information content (AvgIpc) is 2.69. The topological polar surface area (TPSA) is 74.8 Å². The van der Waals surface area contributed by atoms with Crippen molar-refractivity contribution in [3.8, 4) is 0 Å². The maximum atomic E-state index is 11.2. The van der Waals surface area contributed by atoms with Crippen LogP contribution in [0.5, 0.6) is 0 Å². The van der Waals surface area contributed by atoms with Crippen molar-refractivity contribution in [2.24, 2.45) is 0 Å².